The van der Waals surface area contributed by atoms with Gasteiger partial charge in [-0.3, -0.25) is 0 Å². The first-order valence-electron chi connectivity index (χ1n) is 7.44. The fourth-order valence-electron chi connectivity index (χ4n) is 1.86. The maximum atomic E-state index is 11.8. The van der Waals surface area contributed by atoms with Crippen LogP contribution in [0.3, 0.4) is 0 Å². The Morgan fingerprint density at radius 3 is 2.50 bits per heavy atom. The van der Waals surface area contributed by atoms with E-state index in [4.69, 9.17) is 4.74 Å². The summed E-state index contributed by atoms with van der Waals surface area (Å²) in [4.78, 5) is 0. The predicted molar refractivity (Wildman–Crippen MR) is 96.8 cm³/mol. The van der Waals surface area contributed by atoms with Crippen molar-refractivity contribution in [2.24, 2.45) is 0 Å². The second-order valence-electron chi connectivity index (χ2n) is 4.99. The Bertz CT molecular complexity index is 847. The van der Waals surface area contributed by atoms with Crippen molar-refractivity contribution in [1.29, 1.82) is 0 Å². The zero-order valence-corrected chi connectivity index (χ0v) is 14.2. The standard InChI is InChI=1S/C19H19NO3S/c1-17-9-5-6-12-19(17)23-15-8-7-14-20-24(21,22)16-13-18-10-3-2-4-11-18/h2-6,9-13,16,20H,14-15H2,1H3/b16-13+. The second-order valence-corrected chi connectivity index (χ2v) is 6.64. The van der Waals surface area contributed by atoms with Crippen molar-refractivity contribution in [3.63, 3.8) is 0 Å². The summed E-state index contributed by atoms with van der Waals surface area (Å²) in [6, 6.07) is 16.9. The molecule has 0 spiro atoms. The lowest BCUT2D eigenvalue weighted by Crippen LogP contribution is -2.21. The summed E-state index contributed by atoms with van der Waals surface area (Å²) < 4.78 is 31.5. The maximum absolute atomic E-state index is 11.8. The van der Waals surface area contributed by atoms with Crippen molar-refractivity contribution < 1.29 is 13.2 Å². The van der Waals surface area contributed by atoms with Gasteiger partial charge in [0.05, 0.1) is 6.54 Å². The van der Waals surface area contributed by atoms with Crippen molar-refractivity contribution in [2.45, 2.75) is 6.92 Å². The first kappa shape index (κ1) is 17.8. The van der Waals surface area contributed by atoms with Gasteiger partial charge in [0, 0.05) is 5.41 Å². The summed E-state index contributed by atoms with van der Waals surface area (Å²) in [6.45, 7) is 2.21. The van der Waals surface area contributed by atoms with Crippen LogP contribution in [0.15, 0.2) is 60.0 Å². The van der Waals surface area contributed by atoms with Crippen LogP contribution in [-0.2, 0) is 10.0 Å². The number of para-hydroxylation sites is 1. The summed E-state index contributed by atoms with van der Waals surface area (Å²) in [5.74, 6) is 6.29. The van der Waals surface area contributed by atoms with Crippen LogP contribution in [0.5, 0.6) is 5.75 Å². The molecule has 4 nitrogen and oxygen atoms in total. The van der Waals surface area contributed by atoms with Gasteiger partial charge < -0.3 is 4.74 Å². The van der Waals surface area contributed by atoms with Gasteiger partial charge in [0.15, 0.2) is 0 Å². The first-order chi connectivity index (χ1) is 11.6. The summed E-state index contributed by atoms with van der Waals surface area (Å²) >= 11 is 0. The highest BCUT2D eigenvalue weighted by molar-refractivity contribution is 7.92. The third kappa shape index (κ3) is 6.29. The second kappa shape index (κ2) is 8.92. The van der Waals surface area contributed by atoms with Gasteiger partial charge in [0.1, 0.15) is 12.4 Å². The monoisotopic (exact) mass is 341 g/mol. The van der Waals surface area contributed by atoms with Crippen LogP contribution in [0, 0.1) is 18.8 Å². The third-order valence-electron chi connectivity index (χ3n) is 3.12. The Morgan fingerprint density at radius 2 is 1.75 bits per heavy atom. The van der Waals surface area contributed by atoms with Crippen molar-refractivity contribution in [3.05, 3.63) is 71.1 Å². The Labute approximate surface area is 143 Å². The fourth-order valence-corrected chi connectivity index (χ4v) is 2.57. The molecule has 0 aliphatic heterocycles. The van der Waals surface area contributed by atoms with Crippen LogP contribution < -0.4 is 9.46 Å². The smallest absolute Gasteiger partial charge is 0.234 e. The van der Waals surface area contributed by atoms with Crippen LogP contribution in [0.1, 0.15) is 11.1 Å². The highest BCUT2D eigenvalue weighted by Crippen LogP contribution is 2.15. The summed E-state index contributed by atoms with van der Waals surface area (Å²) in [5.41, 5.74) is 1.85. The number of rotatable bonds is 6. The van der Waals surface area contributed by atoms with E-state index in [1.54, 1.807) is 0 Å². The molecular formula is C19H19NO3S. The molecule has 0 fully saturated rings. The van der Waals surface area contributed by atoms with E-state index in [2.05, 4.69) is 16.6 Å². The van der Waals surface area contributed by atoms with Gasteiger partial charge in [-0.15, -0.1) is 0 Å². The molecule has 0 amide bonds. The molecule has 0 aliphatic carbocycles. The molecule has 0 unspecified atom stereocenters. The van der Waals surface area contributed by atoms with Crippen LogP contribution in [0.4, 0.5) is 0 Å². The lowest BCUT2D eigenvalue weighted by atomic mass is 10.2. The van der Waals surface area contributed by atoms with E-state index in [1.807, 2.05) is 61.5 Å². The fraction of sp³-hybridized carbons (Fsp3) is 0.158. The average molecular weight is 341 g/mol. The maximum Gasteiger partial charge on any atom is 0.234 e. The van der Waals surface area contributed by atoms with Crippen molar-refractivity contribution in [1.82, 2.24) is 4.72 Å². The summed E-state index contributed by atoms with van der Waals surface area (Å²) in [5, 5.41) is 1.13. The van der Waals surface area contributed by atoms with Crippen LogP contribution in [0.2, 0.25) is 0 Å². The topological polar surface area (TPSA) is 55.4 Å². The number of hydrogen-bond donors (Lipinski definition) is 1. The molecule has 2 aromatic carbocycles. The highest BCUT2D eigenvalue weighted by atomic mass is 32.2. The minimum Gasteiger partial charge on any atom is -0.481 e. The predicted octanol–water partition coefficient (Wildman–Crippen LogP) is 2.97. The molecule has 1 N–H and O–H groups in total. The van der Waals surface area contributed by atoms with E-state index in [0.29, 0.717) is 0 Å². The van der Waals surface area contributed by atoms with Crippen molar-refractivity contribution >= 4 is 16.1 Å². The first-order valence-corrected chi connectivity index (χ1v) is 8.98. The van der Waals surface area contributed by atoms with E-state index in [9.17, 15) is 8.42 Å². The number of aryl methyl sites for hydroxylation is 1. The Kier molecular flexibility index (Phi) is 6.62. The SMILES string of the molecule is Cc1ccccc1OCC#CCNS(=O)(=O)/C=C/c1ccccc1. The molecule has 2 aromatic rings. The molecule has 0 heterocycles. The molecule has 0 aliphatic rings. The largest absolute Gasteiger partial charge is 0.481 e. The number of hydrogen-bond acceptors (Lipinski definition) is 3. The van der Waals surface area contributed by atoms with E-state index < -0.39 is 10.0 Å². The zero-order chi connectivity index (χ0) is 17.3. The minimum absolute atomic E-state index is 0.0403. The van der Waals surface area contributed by atoms with Crippen LogP contribution in [-0.4, -0.2) is 21.6 Å². The van der Waals surface area contributed by atoms with Gasteiger partial charge in [0.25, 0.3) is 0 Å². The summed E-state index contributed by atoms with van der Waals surface area (Å²) in [7, 11) is -3.50. The number of ether oxygens (including phenoxy) is 1. The number of benzene rings is 2. The Balaban J connectivity index is 1.77. The van der Waals surface area contributed by atoms with Gasteiger partial charge in [0.2, 0.25) is 10.0 Å². The highest BCUT2D eigenvalue weighted by Gasteiger charge is 2.02. The summed E-state index contributed by atoms with van der Waals surface area (Å²) in [6.07, 6.45) is 1.54. The average Bonchev–Trinajstić information content (AvgIpc) is 2.59. The lowest BCUT2D eigenvalue weighted by molar-refractivity contribution is 0.367. The molecule has 0 saturated heterocycles. The van der Waals surface area contributed by atoms with Gasteiger partial charge in [-0.05, 0) is 30.2 Å². The number of sulfonamides is 1. The van der Waals surface area contributed by atoms with Gasteiger partial charge in [-0.1, -0.05) is 60.4 Å². The van der Waals surface area contributed by atoms with Crippen molar-refractivity contribution in [2.75, 3.05) is 13.2 Å². The molecular weight excluding hydrogens is 322 g/mol. The molecule has 2 rings (SSSR count). The van der Waals surface area contributed by atoms with E-state index in [-0.39, 0.29) is 13.2 Å². The third-order valence-corrected chi connectivity index (χ3v) is 4.16. The van der Waals surface area contributed by atoms with Crippen LogP contribution >= 0.6 is 0 Å². The molecule has 5 heteroatoms. The van der Waals surface area contributed by atoms with Crippen LogP contribution in [0.25, 0.3) is 6.08 Å². The van der Waals surface area contributed by atoms with Gasteiger partial charge in [-0.25, -0.2) is 8.42 Å². The minimum atomic E-state index is -3.50. The molecule has 124 valence electrons. The van der Waals surface area contributed by atoms with Gasteiger partial charge >= 0.3 is 0 Å². The van der Waals surface area contributed by atoms with Gasteiger partial charge in [-0.2, -0.15) is 4.72 Å². The number of nitrogens with one attached hydrogen (secondary N) is 1. The molecule has 24 heavy (non-hydrogen) atoms. The quantitative estimate of drug-likeness (QED) is 0.822. The lowest BCUT2D eigenvalue weighted by Gasteiger charge is -2.04. The molecule has 0 bridgehead atoms. The Hall–Kier alpha value is -2.55. The van der Waals surface area contributed by atoms with Crippen molar-refractivity contribution in [3.8, 4) is 17.6 Å². The Morgan fingerprint density at radius 1 is 1.04 bits per heavy atom. The molecule has 0 atom stereocenters. The van der Waals surface area contributed by atoms with E-state index >= 15 is 0 Å². The van der Waals surface area contributed by atoms with E-state index in [0.717, 1.165) is 22.3 Å². The molecule has 0 aromatic heterocycles. The van der Waals surface area contributed by atoms with E-state index in [1.165, 1.54) is 6.08 Å². The molecule has 0 saturated carbocycles. The molecule has 0 radical (unpaired) electrons. The zero-order valence-electron chi connectivity index (χ0n) is 13.4. The normalized spacial score (nSPS) is 11.0.